The molecule has 0 bridgehead atoms. The highest BCUT2D eigenvalue weighted by Gasteiger charge is 2.15. The van der Waals surface area contributed by atoms with Crippen LogP contribution in [0.5, 0.6) is 0 Å². The van der Waals surface area contributed by atoms with Crippen LogP contribution in [0.1, 0.15) is 37.6 Å². The van der Waals surface area contributed by atoms with Crippen LogP contribution in [0, 0.1) is 0 Å². The van der Waals surface area contributed by atoms with Crippen LogP contribution in [0.2, 0.25) is 0 Å². The van der Waals surface area contributed by atoms with Crippen molar-refractivity contribution in [3.8, 4) is 0 Å². The van der Waals surface area contributed by atoms with Gasteiger partial charge < -0.3 is 14.4 Å². The smallest absolute Gasteiger partial charge is 0.0818 e. The molecule has 19 heavy (non-hydrogen) atoms. The van der Waals surface area contributed by atoms with Gasteiger partial charge in [0, 0.05) is 32.0 Å². The molecule has 0 radical (unpaired) electrons. The fourth-order valence-electron chi connectivity index (χ4n) is 2.03. The van der Waals surface area contributed by atoms with Crippen LogP contribution in [0.15, 0.2) is 18.3 Å². The van der Waals surface area contributed by atoms with Gasteiger partial charge in [-0.15, -0.1) is 0 Å². The van der Waals surface area contributed by atoms with E-state index >= 15 is 0 Å². The van der Waals surface area contributed by atoms with Crippen molar-refractivity contribution in [1.29, 1.82) is 0 Å². The standard InChI is InChI=1S/C15H26N2O2/c1-12(8-10-18-5)19-13(2)14-7-6-9-16-15(14)11-17(3)4/h6-7,9,12-13H,8,10-11H2,1-5H3. The highest BCUT2D eigenvalue weighted by Crippen LogP contribution is 2.22. The molecule has 0 N–H and O–H groups in total. The van der Waals surface area contributed by atoms with E-state index in [9.17, 15) is 0 Å². The minimum atomic E-state index is 0.0514. The molecule has 0 amide bonds. The molecular formula is C15H26N2O2. The summed E-state index contributed by atoms with van der Waals surface area (Å²) in [7, 11) is 5.81. The first-order valence-corrected chi connectivity index (χ1v) is 6.77. The molecule has 0 aliphatic rings. The summed E-state index contributed by atoms with van der Waals surface area (Å²) in [6.45, 7) is 5.72. The lowest BCUT2D eigenvalue weighted by Crippen LogP contribution is -2.18. The van der Waals surface area contributed by atoms with Crippen LogP contribution in [-0.2, 0) is 16.0 Å². The maximum absolute atomic E-state index is 6.02. The molecule has 108 valence electrons. The van der Waals surface area contributed by atoms with Gasteiger partial charge in [-0.25, -0.2) is 0 Å². The summed E-state index contributed by atoms with van der Waals surface area (Å²) >= 11 is 0. The number of hydrogen-bond acceptors (Lipinski definition) is 4. The molecule has 0 saturated carbocycles. The average molecular weight is 266 g/mol. The molecule has 1 aromatic heterocycles. The van der Waals surface area contributed by atoms with Crippen molar-refractivity contribution in [3.05, 3.63) is 29.6 Å². The Morgan fingerprint density at radius 3 is 2.68 bits per heavy atom. The number of methoxy groups -OCH3 is 1. The molecule has 1 rings (SSSR count). The summed E-state index contributed by atoms with van der Waals surface area (Å²) in [5.41, 5.74) is 2.25. The fourth-order valence-corrected chi connectivity index (χ4v) is 2.03. The Morgan fingerprint density at radius 1 is 1.32 bits per heavy atom. The molecule has 0 saturated heterocycles. The first kappa shape index (κ1) is 16.1. The number of hydrogen-bond donors (Lipinski definition) is 0. The van der Waals surface area contributed by atoms with E-state index < -0.39 is 0 Å². The fraction of sp³-hybridized carbons (Fsp3) is 0.667. The number of rotatable bonds is 8. The van der Waals surface area contributed by atoms with Crippen LogP contribution in [0.3, 0.4) is 0 Å². The maximum Gasteiger partial charge on any atom is 0.0818 e. The van der Waals surface area contributed by atoms with Crippen molar-refractivity contribution in [1.82, 2.24) is 9.88 Å². The van der Waals surface area contributed by atoms with Crippen molar-refractivity contribution in [2.45, 2.75) is 39.0 Å². The molecule has 4 heteroatoms. The highest BCUT2D eigenvalue weighted by molar-refractivity contribution is 5.22. The largest absolute Gasteiger partial charge is 0.385 e. The number of ether oxygens (including phenoxy) is 2. The normalized spacial score (nSPS) is 14.6. The number of aromatic nitrogens is 1. The van der Waals surface area contributed by atoms with Crippen LogP contribution in [-0.4, -0.2) is 43.8 Å². The van der Waals surface area contributed by atoms with Gasteiger partial charge in [-0.1, -0.05) is 6.07 Å². The van der Waals surface area contributed by atoms with E-state index in [1.165, 1.54) is 5.56 Å². The minimum Gasteiger partial charge on any atom is -0.385 e. The Hall–Kier alpha value is -0.970. The monoisotopic (exact) mass is 266 g/mol. The summed E-state index contributed by atoms with van der Waals surface area (Å²) < 4.78 is 11.1. The molecule has 2 unspecified atom stereocenters. The van der Waals surface area contributed by atoms with Crippen molar-refractivity contribution < 1.29 is 9.47 Å². The summed E-state index contributed by atoms with van der Waals surface area (Å²) in [5.74, 6) is 0. The SMILES string of the molecule is COCCC(C)OC(C)c1cccnc1CN(C)C. The zero-order valence-corrected chi connectivity index (χ0v) is 12.7. The molecule has 1 aromatic rings. The lowest BCUT2D eigenvalue weighted by Gasteiger charge is -2.22. The van der Waals surface area contributed by atoms with Gasteiger partial charge in [0.1, 0.15) is 0 Å². The Balaban J connectivity index is 2.67. The second-order valence-corrected chi connectivity index (χ2v) is 5.15. The molecule has 0 aliphatic heterocycles. The minimum absolute atomic E-state index is 0.0514. The summed E-state index contributed by atoms with van der Waals surface area (Å²) in [4.78, 5) is 6.58. The van der Waals surface area contributed by atoms with Gasteiger partial charge in [0.25, 0.3) is 0 Å². The maximum atomic E-state index is 6.02. The molecule has 4 nitrogen and oxygen atoms in total. The molecule has 0 spiro atoms. The third kappa shape index (κ3) is 5.68. The predicted molar refractivity (Wildman–Crippen MR) is 77.1 cm³/mol. The van der Waals surface area contributed by atoms with E-state index in [0.29, 0.717) is 0 Å². The summed E-state index contributed by atoms with van der Waals surface area (Å²) in [6, 6.07) is 4.06. The van der Waals surface area contributed by atoms with Crippen molar-refractivity contribution >= 4 is 0 Å². The van der Waals surface area contributed by atoms with Crippen LogP contribution >= 0.6 is 0 Å². The first-order valence-electron chi connectivity index (χ1n) is 6.77. The van der Waals surface area contributed by atoms with Crippen molar-refractivity contribution in [2.75, 3.05) is 27.8 Å². The third-order valence-corrected chi connectivity index (χ3v) is 2.99. The van der Waals surface area contributed by atoms with Gasteiger partial charge in [0.05, 0.1) is 17.9 Å². The molecule has 2 atom stereocenters. The number of pyridine rings is 1. The molecule has 1 heterocycles. The molecule has 0 fully saturated rings. The summed E-state index contributed by atoms with van der Waals surface area (Å²) in [5, 5.41) is 0. The van der Waals surface area contributed by atoms with Gasteiger partial charge >= 0.3 is 0 Å². The van der Waals surface area contributed by atoms with Crippen LogP contribution in [0.25, 0.3) is 0 Å². The Bertz CT molecular complexity index is 369. The average Bonchev–Trinajstić information content (AvgIpc) is 2.36. The lowest BCUT2D eigenvalue weighted by molar-refractivity contribution is -0.00924. The van der Waals surface area contributed by atoms with Crippen molar-refractivity contribution in [2.24, 2.45) is 0 Å². The Morgan fingerprint density at radius 2 is 2.05 bits per heavy atom. The van der Waals surface area contributed by atoms with Crippen LogP contribution < -0.4 is 0 Å². The molecular weight excluding hydrogens is 240 g/mol. The van der Waals surface area contributed by atoms with Gasteiger partial charge in [0.15, 0.2) is 0 Å². The van der Waals surface area contributed by atoms with Gasteiger partial charge in [-0.2, -0.15) is 0 Å². The van der Waals surface area contributed by atoms with E-state index in [0.717, 1.165) is 25.3 Å². The van der Waals surface area contributed by atoms with E-state index in [1.54, 1.807) is 7.11 Å². The summed E-state index contributed by atoms with van der Waals surface area (Å²) in [6.07, 6.45) is 2.98. The van der Waals surface area contributed by atoms with Crippen molar-refractivity contribution in [3.63, 3.8) is 0 Å². The zero-order chi connectivity index (χ0) is 14.3. The topological polar surface area (TPSA) is 34.6 Å². The van der Waals surface area contributed by atoms with E-state index in [2.05, 4.69) is 29.8 Å². The van der Waals surface area contributed by atoms with Gasteiger partial charge in [0.2, 0.25) is 0 Å². The Kier molecular flexibility index (Phi) is 6.99. The third-order valence-electron chi connectivity index (χ3n) is 2.99. The van der Waals surface area contributed by atoms with Crippen LogP contribution in [0.4, 0.5) is 0 Å². The van der Waals surface area contributed by atoms with Gasteiger partial charge in [-0.05, 0) is 40.4 Å². The Labute approximate surface area is 116 Å². The number of nitrogens with zero attached hydrogens (tertiary/aromatic N) is 2. The predicted octanol–water partition coefficient (Wildman–Crippen LogP) is 2.65. The van der Waals surface area contributed by atoms with Gasteiger partial charge in [-0.3, -0.25) is 4.98 Å². The van der Waals surface area contributed by atoms with E-state index in [1.807, 2.05) is 26.4 Å². The zero-order valence-electron chi connectivity index (χ0n) is 12.7. The second kappa shape index (κ2) is 8.25. The van der Waals surface area contributed by atoms with E-state index in [4.69, 9.17) is 9.47 Å². The molecule has 0 aliphatic carbocycles. The lowest BCUT2D eigenvalue weighted by atomic mass is 10.1. The quantitative estimate of drug-likeness (QED) is 0.724. The highest BCUT2D eigenvalue weighted by atomic mass is 16.5. The second-order valence-electron chi connectivity index (χ2n) is 5.15. The molecule has 0 aromatic carbocycles. The van der Waals surface area contributed by atoms with E-state index in [-0.39, 0.29) is 12.2 Å². The first-order chi connectivity index (χ1) is 9.04.